The van der Waals surface area contributed by atoms with Crippen molar-refractivity contribution in [1.82, 2.24) is 4.98 Å². The van der Waals surface area contributed by atoms with Crippen LogP contribution in [-0.4, -0.2) is 16.3 Å². The molecule has 0 spiro atoms. The molecule has 1 aromatic heterocycles. The highest BCUT2D eigenvalue weighted by atomic mass is 19.4. The summed E-state index contributed by atoms with van der Waals surface area (Å²) in [6.45, 7) is -0.267. The number of ether oxygens (including phenoxy) is 1. The summed E-state index contributed by atoms with van der Waals surface area (Å²) in [5.41, 5.74) is 5.07. The summed E-state index contributed by atoms with van der Waals surface area (Å²) < 4.78 is 39.3. The minimum atomic E-state index is -4.97. The van der Waals surface area contributed by atoms with E-state index >= 15 is 0 Å². The fourth-order valence-corrected chi connectivity index (χ4v) is 0.915. The minimum absolute atomic E-state index is 0.0667. The van der Waals surface area contributed by atoms with E-state index in [4.69, 9.17) is 5.73 Å². The molecule has 9 heteroatoms. The van der Waals surface area contributed by atoms with Gasteiger partial charge in [-0.15, -0.1) is 13.2 Å². The first-order chi connectivity index (χ1) is 7.33. The van der Waals surface area contributed by atoms with Crippen LogP contribution in [0.5, 0.6) is 5.88 Å². The molecule has 1 aromatic rings. The molecular formula is C7H6F3N3O3. The molecule has 1 rings (SSSR count). The molecule has 0 radical (unpaired) electrons. The van der Waals surface area contributed by atoms with Crippen LogP contribution in [-0.2, 0) is 6.54 Å². The SMILES string of the molecule is NCc1ccc([N+](=O)[O-])nc1OC(F)(F)F. The van der Waals surface area contributed by atoms with Crippen LogP contribution in [0.1, 0.15) is 5.56 Å². The van der Waals surface area contributed by atoms with Crippen LogP contribution < -0.4 is 10.5 Å². The van der Waals surface area contributed by atoms with Gasteiger partial charge in [0.05, 0.1) is 5.56 Å². The quantitative estimate of drug-likeness (QED) is 0.632. The van der Waals surface area contributed by atoms with Gasteiger partial charge in [0.15, 0.2) is 0 Å². The Hall–Kier alpha value is -1.90. The molecule has 0 saturated carbocycles. The van der Waals surface area contributed by atoms with Crippen LogP contribution in [0.3, 0.4) is 0 Å². The molecular weight excluding hydrogens is 231 g/mol. The number of nitrogens with zero attached hydrogens (tertiary/aromatic N) is 2. The zero-order valence-corrected chi connectivity index (χ0v) is 7.69. The predicted octanol–water partition coefficient (Wildman–Crippen LogP) is 1.35. The van der Waals surface area contributed by atoms with Gasteiger partial charge in [0.25, 0.3) is 0 Å². The first kappa shape index (κ1) is 12.2. The molecule has 0 aromatic carbocycles. The van der Waals surface area contributed by atoms with E-state index in [2.05, 4.69) is 9.72 Å². The fraction of sp³-hybridized carbons (Fsp3) is 0.286. The van der Waals surface area contributed by atoms with Crippen molar-refractivity contribution in [3.8, 4) is 5.88 Å². The molecule has 0 unspecified atom stereocenters. The molecule has 2 N–H and O–H groups in total. The van der Waals surface area contributed by atoms with Gasteiger partial charge in [-0.2, -0.15) is 0 Å². The summed E-state index contributed by atoms with van der Waals surface area (Å²) in [6.07, 6.45) is -4.97. The molecule has 88 valence electrons. The number of aromatic nitrogens is 1. The molecule has 0 aliphatic heterocycles. The number of hydrogen-bond donors (Lipinski definition) is 1. The van der Waals surface area contributed by atoms with Crippen molar-refractivity contribution in [2.75, 3.05) is 0 Å². The van der Waals surface area contributed by atoms with Gasteiger partial charge in [-0.05, 0) is 11.0 Å². The van der Waals surface area contributed by atoms with Crippen LogP contribution in [0.4, 0.5) is 19.0 Å². The van der Waals surface area contributed by atoms with E-state index in [-0.39, 0.29) is 12.1 Å². The molecule has 0 bridgehead atoms. The zero-order valence-electron chi connectivity index (χ0n) is 7.69. The first-order valence-electron chi connectivity index (χ1n) is 3.93. The maximum Gasteiger partial charge on any atom is 0.575 e. The van der Waals surface area contributed by atoms with Crippen LogP contribution in [0.25, 0.3) is 0 Å². The second-order valence-corrected chi connectivity index (χ2v) is 2.64. The second-order valence-electron chi connectivity index (χ2n) is 2.64. The van der Waals surface area contributed by atoms with E-state index in [1.54, 1.807) is 0 Å². The summed E-state index contributed by atoms with van der Waals surface area (Å²) in [4.78, 5) is 12.5. The summed E-state index contributed by atoms with van der Waals surface area (Å²) in [7, 11) is 0. The number of nitrogens with two attached hydrogens (primary N) is 1. The molecule has 0 saturated heterocycles. The van der Waals surface area contributed by atoms with Gasteiger partial charge < -0.3 is 20.6 Å². The molecule has 0 amide bonds. The lowest BCUT2D eigenvalue weighted by Gasteiger charge is -2.07. The van der Waals surface area contributed by atoms with Crippen molar-refractivity contribution in [2.24, 2.45) is 5.73 Å². The van der Waals surface area contributed by atoms with E-state index in [0.29, 0.717) is 0 Å². The normalized spacial score (nSPS) is 11.2. The lowest BCUT2D eigenvalue weighted by molar-refractivity contribution is -0.390. The molecule has 0 aliphatic rings. The molecule has 1 heterocycles. The maximum absolute atomic E-state index is 11.9. The lowest BCUT2D eigenvalue weighted by atomic mass is 10.2. The highest BCUT2D eigenvalue weighted by Gasteiger charge is 2.35. The topological polar surface area (TPSA) is 91.3 Å². The zero-order chi connectivity index (χ0) is 12.3. The molecule has 0 aliphatic carbocycles. The van der Waals surface area contributed by atoms with Crippen molar-refractivity contribution in [3.63, 3.8) is 0 Å². The Labute approximate surface area is 87.0 Å². The second kappa shape index (κ2) is 4.31. The molecule has 0 atom stereocenters. The first-order valence-corrected chi connectivity index (χ1v) is 3.93. The van der Waals surface area contributed by atoms with Gasteiger partial charge in [-0.3, -0.25) is 0 Å². The molecule has 16 heavy (non-hydrogen) atoms. The number of halogens is 3. The van der Waals surface area contributed by atoms with Gasteiger partial charge in [-0.1, -0.05) is 0 Å². The molecule has 6 nitrogen and oxygen atoms in total. The number of hydrogen-bond acceptors (Lipinski definition) is 5. The highest BCUT2D eigenvalue weighted by Crippen LogP contribution is 2.26. The van der Waals surface area contributed by atoms with Crippen molar-refractivity contribution in [1.29, 1.82) is 0 Å². The third kappa shape index (κ3) is 3.05. The number of rotatable bonds is 3. The van der Waals surface area contributed by atoms with Crippen molar-refractivity contribution >= 4 is 5.82 Å². The monoisotopic (exact) mass is 237 g/mol. The fourth-order valence-electron chi connectivity index (χ4n) is 0.915. The van der Waals surface area contributed by atoms with Crippen molar-refractivity contribution in [3.05, 3.63) is 27.8 Å². The van der Waals surface area contributed by atoms with E-state index in [0.717, 1.165) is 12.1 Å². The van der Waals surface area contributed by atoms with Gasteiger partial charge in [0, 0.05) is 17.6 Å². The maximum atomic E-state index is 11.9. The van der Waals surface area contributed by atoms with Crippen LogP contribution in [0, 0.1) is 10.1 Å². The van der Waals surface area contributed by atoms with E-state index in [1.807, 2.05) is 0 Å². The van der Waals surface area contributed by atoms with E-state index in [1.165, 1.54) is 0 Å². The van der Waals surface area contributed by atoms with Gasteiger partial charge >= 0.3 is 18.1 Å². The van der Waals surface area contributed by atoms with Crippen LogP contribution in [0.15, 0.2) is 12.1 Å². The van der Waals surface area contributed by atoms with Gasteiger partial charge in [-0.25, -0.2) is 0 Å². The number of nitro groups is 1. The summed E-state index contributed by atoms with van der Waals surface area (Å²) in [5.74, 6) is -1.64. The summed E-state index contributed by atoms with van der Waals surface area (Å²) in [5, 5.41) is 10.3. The van der Waals surface area contributed by atoms with Crippen molar-refractivity contribution < 1.29 is 22.8 Å². The van der Waals surface area contributed by atoms with Crippen LogP contribution >= 0.6 is 0 Å². The smallest absolute Gasteiger partial charge is 0.366 e. The Morgan fingerprint density at radius 3 is 2.56 bits per heavy atom. The standard InChI is InChI=1S/C7H6F3N3O3/c8-7(9,10)16-6-4(3-11)1-2-5(12-6)13(14)15/h1-2H,3,11H2. The number of alkyl halides is 3. The lowest BCUT2D eigenvalue weighted by Crippen LogP contribution is -2.20. The van der Waals surface area contributed by atoms with Crippen molar-refractivity contribution in [2.45, 2.75) is 12.9 Å². The largest absolute Gasteiger partial charge is 0.575 e. The van der Waals surface area contributed by atoms with E-state index < -0.39 is 23.0 Å². The average molecular weight is 237 g/mol. The average Bonchev–Trinajstić information content (AvgIpc) is 2.15. The number of pyridine rings is 1. The Bertz CT molecular complexity index is 408. The Morgan fingerprint density at radius 2 is 2.12 bits per heavy atom. The Morgan fingerprint density at radius 1 is 1.50 bits per heavy atom. The predicted molar refractivity (Wildman–Crippen MR) is 45.5 cm³/mol. The Balaban J connectivity index is 3.12. The summed E-state index contributed by atoms with van der Waals surface area (Å²) >= 11 is 0. The third-order valence-electron chi connectivity index (χ3n) is 1.54. The Kier molecular flexibility index (Phi) is 3.28. The van der Waals surface area contributed by atoms with Gasteiger partial charge in [0.1, 0.15) is 0 Å². The highest BCUT2D eigenvalue weighted by molar-refractivity contribution is 5.33. The summed E-state index contributed by atoms with van der Waals surface area (Å²) in [6, 6.07) is 2.01. The molecule has 0 fully saturated rings. The van der Waals surface area contributed by atoms with Gasteiger partial charge in [0.2, 0.25) is 0 Å². The van der Waals surface area contributed by atoms with Crippen LogP contribution in [0.2, 0.25) is 0 Å². The van der Waals surface area contributed by atoms with E-state index in [9.17, 15) is 23.3 Å². The third-order valence-corrected chi connectivity index (χ3v) is 1.54. The minimum Gasteiger partial charge on any atom is -0.366 e.